The Hall–Kier alpha value is -2.36. The number of rotatable bonds is 2. The molecule has 0 unspecified atom stereocenters. The van der Waals surface area contributed by atoms with E-state index in [1.54, 1.807) is 10.7 Å². The van der Waals surface area contributed by atoms with Crippen LogP contribution in [0.3, 0.4) is 0 Å². The molecule has 90 valence electrons. The molecule has 0 saturated heterocycles. The van der Waals surface area contributed by atoms with Crippen LogP contribution in [0.1, 0.15) is 17.0 Å². The largest absolute Gasteiger partial charge is 0.290 e. The third-order valence-corrected chi connectivity index (χ3v) is 2.86. The molecule has 1 N–H and O–H groups in total. The van der Waals surface area contributed by atoms with Crippen molar-refractivity contribution in [3.8, 4) is 0 Å². The molecule has 0 saturated carbocycles. The molecular formula is C14H13N3O. The Balaban J connectivity index is 1.98. The van der Waals surface area contributed by atoms with Crippen LogP contribution >= 0.6 is 0 Å². The lowest BCUT2D eigenvalue weighted by atomic mass is 10.1. The van der Waals surface area contributed by atoms with Crippen LogP contribution in [0.15, 0.2) is 47.4 Å². The normalized spacial score (nSPS) is 10.9. The maximum Gasteiger partial charge on any atom is 0.183 e. The van der Waals surface area contributed by atoms with Gasteiger partial charge in [0, 0.05) is 24.8 Å². The van der Waals surface area contributed by atoms with Crippen LogP contribution in [0, 0.1) is 6.92 Å². The monoisotopic (exact) mass is 239 g/mol. The van der Waals surface area contributed by atoms with Crippen molar-refractivity contribution in [2.24, 2.45) is 0 Å². The highest BCUT2D eigenvalue weighted by atomic mass is 16.1. The quantitative estimate of drug-likeness (QED) is 0.742. The Bertz CT molecular complexity index is 755. The molecule has 4 nitrogen and oxygen atoms in total. The molecule has 0 radical (unpaired) electrons. The number of benzene rings is 1. The fraction of sp³-hybridized carbons (Fsp3) is 0.143. The first-order valence-corrected chi connectivity index (χ1v) is 5.83. The van der Waals surface area contributed by atoms with E-state index in [1.807, 2.05) is 6.07 Å². The van der Waals surface area contributed by atoms with E-state index in [2.05, 4.69) is 35.2 Å². The molecule has 0 aliphatic carbocycles. The summed E-state index contributed by atoms with van der Waals surface area (Å²) in [5.74, 6) is 0.853. The molecule has 3 rings (SSSR count). The number of nitrogens with zero attached hydrogens (tertiary/aromatic N) is 2. The first kappa shape index (κ1) is 10.8. The Morgan fingerprint density at radius 2 is 2.17 bits per heavy atom. The number of aromatic nitrogens is 3. The minimum absolute atomic E-state index is 0.0244. The SMILES string of the molecule is Cc1cccc(Cc2nc3cc(=O)ccn3[nH]2)c1. The standard InChI is InChI=1S/C14H13N3O/c1-10-3-2-4-11(7-10)8-13-15-14-9-12(18)5-6-17(14)16-13/h2-7,9H,8H2,1H3,(H,15,16). The number of hydrogen-bond acceptors (Lipinski definition) is 2. The van der Waals surface area contributed by atoms with Gasteiger partial charge in [0.2, 0.25) is 0 Å². The molecular weight excluding hydrogens is 226 g/mol. The van der Waals surface area contributed by atoms with Crippen LogP contribution in [0.25, 0.3) is 5.65 Å². The van der Waals surface area contributed by atoms with E-state index in [-0.39, 0.29) is 5.43 Å². The fourth-order valence-electron chi connectivity index (χ4n) is 2.05. The lowest BCUT2D eigenvalue weighted by molar-refractivity contribution is 0.898. The number of nitrogens with one attached hydrogen (secondary N) is 1. The summed E-state index contributed by atoms with van der Waals surface area (Å²) in [4.78, 5) is 15.6. The van der Waals surface area contributed by atoms with E-state index in [9.17, 15) is 4.79 Å². The summed E-state index contributed by atoms with van der Waals surface area (Å²) >= 11 is 0. The second-order valence-electron chi connectivity index (χ2n) is 4.43. The molecule has 18 heavy (non-hydrogen) atoms. The zero-order valence-corrected chi connectivity index (χ0v) is 10.1. The zero-order chi connectivity index (χ0) is 12.5. The van der Waals surface area contributed by atoms with Crippen molar-refractivity contribution in [3.05, 3.63) is 69.8 Å². The molecule has 2 aromatic heterocycles. The molecule has 0 aliphatic heterocycles. The number of aromatic amines is 1. The first-order valence-electron chi connectivity index (χ1n) is 5.83. The second-order valence-corrected chi connectivity index (χ2v) is 4.43. The zero-order valence-electron chi connectivity index (χ0n) is 10.1. The van der Waals surface area contributed by atoms with Gasteiger partial charge in [-0.2, -0.15) is 0 Å². The van der Waals surface area contributed by atoms with Gasteiger partial charge in [-0.15, -0.1) is 0 Å². The van der Waals surface area contributed by atoms with Gasteiger partial charge in [0.25, 0.3) is 0 Å². The topological polar surface area (TPSA) is 50.2 Å². The summed E-state index contributed by atoms with van der Waals surface area (Å²) in [6.07, 6.45) is 2.43. The van der Waals surface area contributed by atoms with E-state index < -0.39 is 0 Å². The fourth-order valence-corrected chi connectivity index (χ4v) is 2.05. The van der Waals surface area contributed by atoms with Gasteiger partial charge >= 0.3 is 0 Å². The minimum Gasteiger partial charge on any atom is -0.290 e. The lowest BCUT2D eigenvalue weighted by Gasteiger charge is -1.99. The third kappa shape index (κ3) is 2.05. The molecule has 4 heteroatoms. The van der Waals surface area contributed by atoms with Gasteiger partial charge in [-0.1, -0.05) is 29.8 Å². The number of fused-ring (bicyclic) bond motifs is 1. The highest BCUT2D eigenvalue weighted by molar-refractivity contribution is 5.37. The van der Waals surface area contributed by atoms with Crippen molar-refractivity contribution in [2.75, 3.05) is 0 Å². The molecule has 0 spiro atoms. The molecule has 3 aromatic rings. The van der Waals surface area contributed by atoms with Crippen LogP contribution in [0.4, 0.5) is 0 Å². The van der Waals surface area contributed by atoms with E-state index >= 15 is 0 Å². The van der Waals surface area contributed by atoms with Crippen molar-refractivity contribution in [1.82, 2.24) is 14.6 Å². The Morgan fingerprint density at radius 1 is 1.28 bits per heavy atom. The predicted molar refractivity (Wildman–Crippen MR) is 69.8 cm³/mol. The van der Waals surface area contributed by atoms with Gasteiger partial charge in [-0.05, 0) is 12.5 Å². The van der Waals surface area contributed by atoms with Gasteiger partial charge in [-0.3, -0.25) is 9.89 Å². The average molecular weight is 239 g/mol. The second kappa shape index (κ2) is 4.14. The minimum atomic E-state index is -0.0244. The van der Waals surface area contributed by atoms with Gasteiger partial charge in [-0.25, -0.2) is 9.50 Å². The van der Waals surface area contributed by atoms with Gasteiger partial charge in [0.05, 0.1) is 0 Å². The maximum atomic E-state index is 11.2. The van der Waals surface area contributed by atoms with Crippen molar-refractivity contribution < 1.29 is 0 Å². The van der Waals surface area contributed by atoms with Crippen LogP contribution < -0.4 is 5.43 Å². The summed E-state index contributed by atoms with van der Waals surface area (Å²) in [6, 6.07) is 11.4. The summed E-state index contributed by atoms with van der Waals surface area (Å²) in [5, 5.41) is 3.16. The third-order valence-electron chi connectivity index (χ3n) is 2.86. The molecule has 0 fully saturated rings. The Kier molecular flexibility index (Phi) is 2.48. The average Bonchev–Trinajstić information content (AvgIpc) is 2.70. The number of H-pyrrole nitrogens is 1. The number of aryl methyl sites for hydroxylation is 1. The molecule has 0 atom stereocenters. The first-order chi connectivity index (χ1) is 8.70. The molecule has 0 amide bonds. The van der Waals surface area contributed by atoms with E-state index in [1.165, 1.54) is 23.3 Å². The van der Waals surface area contributed by atoms with Gasteiger partial charge in [0.1, 0.15) is 5.82 Å². The lowest BCUT2D eigenvalue weighted by Crippen LogP contribution is -1.98. The molecule has 1 aromatic carbocycles. The van der Waals surface area contributed by atoms with Crippen molar-refractivity contribution in [3.63, 3.8) is 0 Å². The van der Waals surface area contributed by atoms with Crippen LogP contribution in [-0.4, -0.2) is 14.6 Å². The van der Waals surface area contributed by atoms with E-state index in [0.29, 0.717) is 5.65 Å². The Labute approximate surface area is 104 Å². The Morgan fingerprint density at radius 3 is 3.00 bits per heavy atom. The van der Waals surface area contributed by atoms with Crippen molar-refractivity contribution >= 4 is 5.65 Å². The summed E-state index contributed by atoms with van der Waals surface area (Å²) in [7, 11) is 0. The molecule has 2 heterocycles. The number of hydrogen-bond donors (Lipinski definition) is 1. The van der Waals surface area contributed by atoms with Crippen LogP contribution in [0.2, 0.25) is 0 Å². The van der Waals surface area contributed by atoms with E-state index in [4.69, 9.17) is 0 Å². The molecule has 0 bridgehead atoms. The highest BCUT2D eigenvalue weighted by Gasteiger charge is 2.03. The number of pyridine rings is 1. The smallest absolute Gasteiger partial charge is 0.183 e. The maximum absolute atomic E-state index is 11.2. The summed E-state index contributed by atoms with van der Waals surface area (Å²) < 4.78 is 1.76. The molecule has 0 aliphatic rings. The van der Waals surface area contributed by atoms with E-state index in [0.717, 1.165) is 12.2 Å². The van der Waals surface area contributed by atoms with Crippen LogP contribution in [-0.2, 0) is 6.42 Å². The van der Waals surface area contributed by atoms with Crippen LogP contribution in [0.5, 0.6) is 0 Å². The summed E-state index contributed by atoms with van der Waals surface area (Å²) in [5.41, 5.74) is 3.07. The highest BCUT2D eigenvalue weighted by Crippen LogP contribution is 2.09. The summed E-state index contributed by atoms with van der Waals surface area (Å²) in [6.45, 7) is 2.07. The van der Waals surface area contributed by atoms with Gasteiger partial charge < -0.3 is 0 Å². The van der Waals surface area contributed by atoms with Crippen molar-refractivity contribution in [1.29, 1.82) is 0 Å². The van der Waals surface area contributed by atoms with Gasteiger partial charge in [0.15, 0.2) is 11.1 Å². The predicted octanol–water partition coefficient (Wildman–Crippen LogP) is 1.92. The van der Waals surface area contributed by atoms with Crippen molar-refractivity contribution in [2.45, 2.75) is 13.3 Å².